The lowest BCUT2D eigenvalue weighted by atomic mass is 10.1. The molecule has 3 aromatic carbocycles. The fraction of sp³-hybridized carbons (Fsp3) is 0.258. The van der Waals surface area contributed by atoms with Crippen LogP contribution in [0.1, 0.15) is 30.4 Å². The lowest BCUT2D eigenvalue weighted by Crippen LogP contribution is -2.36. The fourth-order valence-corrected chi connectivity index (χ4v) is 4.96. The summed E-state index contributed by atoms with van der Waals surface area (Å²) in [6.07, 6.45) is 4.64. The molecule has 4 aromatic rings. The number of nitrogens with zero attached hydrogens (tertiary/aromatic N) is 2. The lowest BCUT2D eigenvalue weighted by molar-refractivity contribution is -0.117. The van der Waals surface area contributed by atoms with Crippen LogP contribution in [0.2, 0.25) is 5.02 Å². The third-order valence-electron chi connectivity index (χ3n) is 6.73. The largest absolute Gasteiger partial charge is 0.445 e. The summed E-state index contributed by atoms with van der Waals surface area (Å²) in [5.74, 6) is -0.0736. The Hall–Kier alpha value is -4.14. The number of piperidine rings is 1. The first-order valence-electron chi connectivity index (χ1n) is 13.4. The Labute approximate surface area is 238 Å². The molecule has 1 fully saturated rings. The van der Waals surface area contributed by atoms with Gasteiger partial charge in [-0.05, 0) is 79.5 Å². The molecule has 0 aliphatic carbocycles. The first kappa shape index (κ1) is 27.4. The Morgan fingerprint density at radius 3 is 2.52 bits per heavy atom. The van der Waals surface area contributed by atoms with E-state index in [0.717, 1.165) is 59.3 Å². The minimum Gasteiger partial charge on any atom is -0.445 e. The van der Waals surface area contributed by atoms with Crippen LogP contribution in [0.25, 0.3) is 10.9 Å². The van der Waals surface area contributed by atoms with Gasteiger partial charge in [-0.25, -0.2) is 4.79 Å². The Morgan fingerprint density at radius 2 is 1.70 bits per heavy atom. The summed E-state index contributed by atoms with van der Waals surface area (Å²) in [6.45, 7) is 2.63. The summed E-state index contributed by atoms with van der Waals surface area (Å²) in [7, 11) is 0. The zero-order valence-corrected chi connectivity index (χ0v) is 22.9. The van der Waals surface area contributed by atoms with Crippen LogP contribution >= 0.6 is 11.6 Å². The zero-order chi connectivity index (χ0) is 27.7. The molecular weight excluding hydrogens is 526 g/mol. The minimum atomic E-state index is -0.519. The van der Waals surface area contributed by atoms with Crippen molar-refractivity contribution in [2.75, 3.05) is 30.3 Å². The van der Waals surface area contributed by atoms with Gasteiger partial charge in [0, 0.05) is 40.2 Å². The maximum atomic E-state index is 12.9. The summed E-state index contributed by atoms with van der Waals surface area (Å²) >= 11 is 6.16. The number of hydrogen-bond donors (Lipinski definition) is 3. The van der Waals surface area contributed by atoms with Crippen LogP contribution in [0.3, 0.4) is 0 Å². The smallest absolute Gasteiger partial charge is 0.407 e. The molecule has 9 heteroatoms. The van der Waals surface area contributed by atoms with Crippen LogP contribution in [-0.4, -0.2) is 41.5 Å². The summed E-state index contributed by atoms with van der Waals surface area (Å²) in [5, 5.41) is 10.8. The van der Waals surface area contributed by atoms with Crippen molar-refractivity contribution < 1.29 is 14.3 Å². The van der Waals surface area contributed by atoms with Gasteiger partial charge in [-0.2, -0.15) is 0 Å². The maximum Gasteiger partial charge on any atom is 0.407 e. The van der Waals surface area contributed by atoms with Gasteiger partial charge >= 0.3 is 6.09 Å². The highest BCUT2D eigenvalue weighted by Gasteiger charge is 2.15. The van der Waals surface area contributed by atoms with Crippen molar-refractivity contribution in [2.45, 2.75) is 32.4 Å². The number of fused-ring (bicyclic) bond motifs is 1. The van der Waals surface area contributed by atoms with Crippen LogP contribution in [0, 0.1) is 0 Å². The highest BCUT2D eigenvalue weighted by molar-refractivity contribution is 6.31. The van der Waals surface area contributed by atoms with Gasteiger partial charge in [0.15, 0.2) is 0 Å². The molecule has 206 valence electrons. The van der Waals surface area contributed by atoms with Crippen molar-refractivity contribution in [1.29, 1.82) is 0 Å². The number of anilines is 3. The summed E-state index contributed by atoms with van der Waals surface area (Å²) < 4.78 is 5.50. The van der Waals surface area contributed by atoms with Crippen LogP contribution < -0.4 is 16.0 Å². The molecule has 2 heterocycles. The van der Waals surface area contributed by atoms with Crippen molar-refractivity contribution in [1.82, 2.24) is 15.2 Å². The zero-order valence-electron chi connectivity index (χ0n) is 22.2. The van der Waals surface area contributed by atoms with E-state index < -0.39 is 6.09 Å². The molecule has 2 amide bonds. The normalized spacial score (nSPS) is 13.5. The fourth-order valence-electron chi connectivity index (χ4n) is 4.80. The summed E-state index contributed by atoms with van der Waals surface area (Å²) in [5.41, 5.74) is 4.68. The van der Waals surface area contributed by atoms with Gasteiger partial charge in [0.1, 0.15) is 6.61 Å². The number of carbonyl (C=O) groups is 2. The number of rotatable bonds is 9. The molecule has 1 saturated heterocycles. The van der Waals surface area contributed by atoms with E-state index in [1.54, 1.807) is 6.20 Å². The first-order valence-corrected chi connectivity index (χ1v) is 13.8. The number of pyridine rings is 1. The second kappa shape index (κ2) is 13.3. The number of carbonyl (C=O) groups excluding carboxylic acids is 2. The van der Waals surface area contributed by atoms with E-state index in [1.165, 1.54) is 6.42 Å². The van der Waals surface area contributed by atoms with Crippen molar-refractivity contribution in [3.63, 3.8) is 0 Å². The molecule has 0 spiro atoms. The molecule has 5 rings (SSSR count). The number of amides is 2. The Morgan fingerprint density at radius 1 is 0.900 bits per heavy atom. The van der Waals surface area contributed by atoms with E-state index in [1.807, 2.05) is 72.8 Å². The van der Waals surface area contributed by atoms with E-state index in [0.29, 0.717) is 23.8 Å². The van der Waals surface area contributed by atoms with Gasteiger partial charge in [0.25, 0.3) is 0 Å². The highest BCUT2D eigenvalue weighted by atomic mass is 35.5. The topological polar surface area (TPSA) is 95.6 Å². The van der Waals surface area contributed by atoms with E-state index in [9.17, 15) is 9.59 Å². The molecule has 0 radical (unpaired) electrons. The molecule has 8 nitrogen and oxygen atoms in total. The van der Waals surface area contributed by atoms with E-state index in [2.05, 4.69) is 25.8 Å². The highest BCUT2D eigenvalue weighted by Crippen LogP contribution is 2.29. The van der Waals surface area contributed by atoms with Crippen molar-refractivity contribution in [3.05, 3.63) is 95.1 Å². The molecule has 0 saturated carbocycles. The molecule has 0 unspecified atom stereocenters. The number of benzene rings is 3. The summed E-state index contributed by atoms with van der Waals surface area (Å²) in [4.78, 5) is 31.8. The SMILES string of the molecule is O=C(CN1CCCCC1)Nc1cc(COC(=O)NCc2ccccc2)cc(Nc2ccnc3cc(Cl)ccc23)c1. The number of hydrogen-bond acceptors (Lipinski definition) is 6. The average molecular weight is 558 g/mol. The first-order chi connectivity index (χ1) is 19.5. The Bertz CT molecular complexity index is 1470. The molecule has 1 aromatic heterocycles. The van der Waals surface area contributed by atoms with Gasteiger partial charge in [-0.1, -0.05) is 48.4 Å². The summed E-state index contributed by atoms with van der Waals surface area (Å²) in [6, 6.07) is 22.7. The van der Waals surface area contributed by atoms with Gasteiger partial charge in [0.2, 0.25) is 5.91 Å². The van der Waals surface area contributed by atoms with Crippen LogP contribution in [0.15, 0.2) is 79.0 Å². The molecular formula is C31H32ClN5O3. The van der Waals surface area contributed by atoms with Gasteiger partial charge < -0.3 is 20.7 Å². The second-order valence-electron chi connectivity index (χ2n) is 9.86. The predicted molar refractivity (Wildman–Crippen MR) is 159 cm³/mol. The molecule has 0 bridgehead atoms. The molecule has 3 N–H and O–H groups in total. The molecule has 0 atom stereocenters. The van der Waals surface area contributed by atoms with E-state index in [4.69, 9.17) is 16.3 Å². The van der Waals surface area contributed by atoms with Crippen molar-refractivity contribution in [3.8, 4) is 0 Å². The van der Waals surface area contributed by atoms with Gasteiger partial charge in [-0.15, -0.1) is 0 Å². The maximum absolute atomic E-state index is 12.9. The second-order valence-corrected chi connectivity index (χ2v) is 10.3. The van der Waals surface area contributed by atoms with E-state index in [-0.39, 0.29) is 12.5 Å². The number of ether oxygens (including phenoxy) is 1. The third-order valence-corrected chi connectivity index (χ3v) is 6.96. The number of nitrogens with one attached hydrogen (secondary N) is 3. The Kier molecular flexibility index (Phi) is 9.11. The number of halogens is 1. The van der Waals surface area contributed by atoms with Crippen LogP contribution in [0.5, 0.6) is 0 Å². The monoisotopic (exact) mass is 557 g/mol. The molecule has 1 aliphatic heterocycles. The molecule has 1 aliphatic rings. The number of likely N-dealkylation sites (tertiary alicyclic amines) is 1. The van der Waals surface area contributed by atoms with Crippen molar-refractivity contribution >= 4 is 51.6 Å². The van der Waals surface area contributed by atoms with E-state index >= 15 is 0 Å². The third kappa shape index (κ3) is 7.71. The lowest BCUT2D eigenvalue weighted by Gasteiger charge is -2.25. The number of alkyl carbamates (subject to hydrolysis) is 1. The predicted octanol–water partition coefficient (Wildman–Crippen LogP) is 6.48. The van der Waals surface area contributed by atoms with Crippen LogP contribution in [0.4, 0.5) is 21.9 Å². The number of aromatic nitrogens is 1. The van der Waals surface area contributed by atoms with Crippen LogP contribution in [-0.2, 0) is 22.7 Å². The van der Waals surface area contributed by atoms with Gasteiger partial charge in [0.05, 0.1) is 12.1 Å². The molecule has 40 heavy (non-hydrogen) atoms. The van der Waals surface area contributed by atoms with Gasteiger partial charge in [-0.3, -0.25) is 14.7 Å². The average Bonchev–Trinajstić information content (AvgIpc) is 2.96. The quantitative estimate of drug-likeness (QED) is 0.218. The Balaban J connectivity index is 1.31. The standard InChI is InChI=1S/C31H32ClN5O3/c32-24-9-10-27-28(11-12-33-29(27)17-24)35-25-15-23(21-40-31(39)34-19-22-7-3-1-4-8-22)16-26(18-25)36-30(38)20-37-13-5-2-6-14-37/h1,3-4,7-12,15-18H,2,5-6,13-14,19-21H2,(H,33,35)(H,34,39)(H,36,38). The van der Waals surface area contributed by atoms with Crippen molar-refractivity contribution in [2.24, 2.45) is 0 Å². The minimum absolute atomic E-state index is 0.0395.